The third-order valence-electron chi connectivity index (χ3n) is 8.25. The summed E-state index contributed by atoms with van der Waals surface area (Å²) in [6.45, 7) is 4.40. The number of carbonyl (C=O) groups is 3. The highest BCUT2D eigenvalue weighted by Gasteiger charge is 2.37. The summed E-state index contributed by atoms with van der Waals surface area (Å²) in [5, 5.41) is 32.4. The van der Waals surface area contributed by atoms with Gasteiger partial charge in [0.25, 0.3) is 5.91 Å². The van der Waals surface area contributed by atoms with Crippen molar-refractivity contribution < 1.29 is 29.7 Å². The molecule has 0 bridgehead atoms. The second-order valence-corrected chi connectivity index (χ2v) is 11.0. The fourth-order valence-electron chi connectivity index (χ4n) is 6.57. The second-order valence-electron chi connectivity index (χ2n) is 11.0. The molecule has 0 spiro atoms. The minimum absolute atomic E-state index is 0.0169. The molecule has 5 N–H and O–H groups in total. The molecular formula is C31H34N2O6. The summed E-state index contributed by atoms with van der Waals surface area (Å²) in [6, 6.07) is 11.6. The summed E-state index contributed by atoms with van der Waals surface area (Å²) < 4.78 is 0. The van der Waals surface area contributed by atoms with Gasteiger partial charge in [0, 0.05) is 25.0 Å². The molecule has 3 aliphatic rings. The van der Waals surface area contributed by atoms with Gasteiger partial charge in [-0.15, -0.1) is 0 Å². The number of aromatic hydroxyl groups is 1. The molecule has 5 rings (SSSR count). The number of benzene rings is 2. The number of allylic oxidation sites excluding steroid dienone is 2. The molecule has 8 heteroatoms. The lowest BCUT2D eigenvalue weighted by atomic mass is 9.72. The van der Waals surface area contributed by atoms with Crippen molar-refractivity contribution >= 4 is 23.2 Å². The molecule has 8 nitrogen and oxygen atoms in total. The Hall–Kier alpha value is -3.91. The number of phenolic OH excluding ortho intramolecular Hbond substituents is 1. The number of fused-ring (bicyclic) bond motifs is 1. The number of hydrogen-bond donors (Lipinski definition) is 4. The molecule has 1 saturated heterocycles. The number of primary amides is 1. The van der Waals surface area contributed by atoms with E-state index in [4.69, 9.17) is 5.73 Å². The van der Waals surface area contributed by atoms with E-state index in [9.17, 15) is 29.7 Å². The van der Waals surface area contributed by atoms with Crippen LogP contribution in [0.4, 0.5) is 0 Å². The highest BCUT2D eigenvalue weighted by atomic mass is 16.3. The van der Waals surface area contributed by atoms with Crippen molar-refractivity contribution in [1.29, 1.82) is 0 Å². The zero-order valence-electron chi connectivity index (χ0n) is 22.1. The van der Waals surface area contributed by atoms with Gasteiger partial charge in [-0.2, -0.15) is 0 Å². The van der Waals surface area contributed by atoms with E-state index in [0.29, 0.717) is 12.8 Å². The van der Waals surface area contributed by atoms with E-state index >= 15 is 0 Å². The summed E-state index contributed by atoms with van der Waals surface area (Å²) in [5.74, 6) is -3.24. The Morgan fingerprint density at radius 2 is 1.77 bits per heavy atom. The number of carbonyl (C=O) groups excluding carboxylic acids is 3. The van der Waals surface area contributed by atoms with Crippen LogP contribution in [0.15, 0.2) is 53.3 Å². The SMILES string of the molecule is CC(=O)C1=C(O)c2c(O)ccc(-c3cccc(CN4CCCC4)c3)c2CC1CC1CC(=O)C(C(N)=O)=C(O)C1. The van der Waals surface area contributed by atoms with Crippen LogP contribution in [0.2, 0.25) is 0 Å². The molecule has 2 aromatic carbocycles. The van der Waals surface area contributed by atoms with Crippen LogP contribution in [0.3, 0.4) is 0 Å². The number of rotatable bonds is 7. The average Bonchev–Trinajstić information content (AvgIpc) is 3.36. The number of Topliss-reactive ketones (excluding diaryl/α,β-unsaturated/α-hetero) is 2. The number of aliphatic hydroxyl groups is 2. The zero-order chi connectivity index (χ0) is 27.8. The maximum Gasteiger partial charge on any atom is 0.255 e. The highest BCUT2D eigenvalue weighted by molar-refractivity contribution is 6.19. The van der Waals surface area contributed by atoms with Crippen LogP contribution in [0, 0.1) is 11.8 Å². The Labute approximate surface area is 227 Å². The molecule has 1 heterocycles. The smallest absolute Gasteiger partial charge is 0.255 e. The molecular weight excluding hydrogens is 496 g/mol. The summed E-state index contributed by atoms with van der Waals surface area (Å²) in [7, 11) is 0. The van der Waals surface area contributed by atoms with E-state index in [2.05, 4.69) is 17.0 Å². The Kier molecular flexibility index (Phi) is 7.32. The molecule has 2 unspecified atom stereocenters. The maximum absolute atomic E-state index is 12.7. The monoisotopic (exact) mass is 530 g/mol. The zero-order valence-corrected chi connectivity index (χ0v) is 22.1. The van der Waals surface area contributed by atoms with Crippen LogP contribution in [-0.2, 0) is 27.3 Å². The van der Waals surface area contributed by atoms with E-state index in [0.717, 1.165) is 36.3 Å². The lowest BCUT2D eigenvalue weighted by molar-refractivity contribution is -0.122. The van der Waals surface area contributed by atoms with E-state index in [1.807, 2.05) is 18.2 Å². The molecule has 0 saturated carbocycles. The molecule has 1 aliphatic heterocycles. The fraction of sp³-hybridized carbons (Fsp3) is 0.387. The van der Waals surface area contributed by atoms with Crippen molar-refractivity contribution in [2.75, 3.05) is 13.1 Å². The first-order valence-electron chi connectivity index (χ1n) is 13.5. The summed E-state index contributed by atoms with van der Waals surface area (Å²) in [4.78, 5) is 39.3. The molecule has 1 fully saturated rings. The molecule has 2 atom stereocenters. The topological polar surface area (TPSA) is 141 Å². The van der Waals surface area contributed by atoms with Gasteiger partial charge >= 0.3 is 0 Å². The third kappa shape index (κ3) is 5.21. The molecule has 0 radical (unpaired) electrons. The van der Waals surface area contributed by atoms with Crippen LogP contribution in [0.25, 0.3) is 16.9 Å². The van der Waals surface area contributed by atoms with E-state index in [1.165, 1.54) is 25.3 Å². The highest BCUT2D eigenvalue weighted by Crippen LogP contribution is 2.46. The standard InChI is InChI=1S/C31H34N2O6/c1-17(34)27-21(12-19-13-25(36)29(31(32)39)26(37)14-19)15-23-22(7-8-24(35)28(23)30(27)38)20-6-4-5-18(11-20)16-33-9-2-3-10-33/h4-8,11,19,21,35-36,38H,2-3,9-10,12-16H2,1H3,(H2,32,39). The minimum Gasteiger partial charge on any atom is -0.511 e. The number of amides is 1. The molecule has 39 heavy (non-hydrogen) atoms. The molecule has 0 aromatic heterocycles. The van der Waals surface area contributed by atoms with Crippen molar-refractivity contribution in [3.8, 4) is 16.9 Å². The molecule has 204 valence electrons. The first kappa shape index (κ1) is 26.7. The Morgan fingerprint density at radius 3 is 2.44 bits per heavy atom. The number of nitrogens with zero attached hydrogens (tertiary/aromatic N) is 1. The largest absolute Gasteiger partial charge is 0.511 e. The third-order valence-corrected chi connectivity index (χ3v) is 8.25. The minimum atomic E-state index is -0.948. The molecule has 2 aliphatic carbocycles. The summed E-state index contributed by atoms with van der Waals surface area (Å²) >= 11 is 0. The van der Waals surface area contributed by atoms with Crippen LogP contribution in [-0.4, -0.2) is 50.8 Å². The Morgan fingerprint density at radius 1 is 1.03 bits per heavy atom. The number of nitrogens with two attached hydrogens (primary N) is 1. The van der Waals surface area contributed by atoms with Crippen molar-refractivity contribution in [3.63, 3.8) is 0 Å². The van der Waals surface area contributed by atoms with Gasteiger partial charge in [0.15, 0.2) is 11.6 Å². The van der Waals surface area contributed by atoms with Gasteiger partial charge in [0.05, 0.1) is 5.56 Å². The van der Waals surface area contributed by atoms with Gasteiger partial charge in [0.2, 0.25) is 0 Å². The van der Waals surface area contributed by atoms with E-state index in [1.54, 1.807) is 6.07 Å². The Balaban J connectivity index is 1.51. The van der Waals surface area contributed by atoms with Gasteiger partial charge in [0.1, 0.15) is 22.8 Å². The van der Waals surface area contributed by atoms with Crippen molar-refractivity contribution in [2.45, 2.75) is 52.0 Å². The summed E-state index contributed by atoms with van der Waals surface area (Å²) in [6.07, 6.45) is 3.23. The second kappa shape index (κ2) is 10.7. The van der Waals surface area contributed by atoms with Gasteiger partial charge in [-0.05, 0) is 91.9 Å². The average molecular weight is 531 g/mol. The van der Waals surface area contributed by atoms with E-state index in [-0.39, 0.29) is 58.5 Å². The van der Waals surface area contributed by atoms with Crippen molar-refractivity contribution in [3.05, 3.63) is 70.0 Å². The predicted octanol–water partition coefficient (Wildman–Crippen LogP) is 4.35. The molecule has 2 aromatic rings. The van der Waals surface area contributed by atoms with Crippen LogP contribution in [0.1, 0.15) is 55.7 Å². The Bertz CT molecular complexity index is 1420. The van der Waals surface area contributed by atoms with Crippen LogP contribution < -0.4 is 5.73 Å². The van der Waals surface area contributed by atoms with Crippen molar-refractivity contribution in [1.82, 2.24) is 4.90 Å². The number of aliphatic hydroxyl groups excluding tert-OH is 2. The predicted molar refractivity (Wildman–Crippen MR) is 147 cm³/mol. The first-order valence-corrected chi connectivity index (χ1v) is 13.5. The maximum atomic E-state index is 12.7. The lowest BCUT2D eigenvalue weighted by Crippen LogP contribution is -2.31. The fourth-order valence-corrected chi connectivity index (χ4v) is 6.57. The van der Waals surface area contributed by atoms with E-state index < -0.39 is 17.6 Å². The number of phenols is 1. The normalized spacial score (nSPS) is 21.8. The summed E-state index contributed by atoms with van der Waals surface area (Å²) in [5.41, 5.74) is 9.11. The van der Waals surface area contributed by atoms with Gasteiger partial charge < -0.3 is 21.1 Å². The number of likely N-dealkylation sites (tertiary alicyclic amines) is 1. The van der Waals surface area contributed by atoms with Gasteiger partial charge in [-0.1, -0.05) is 24.3 Å². The van der Waals surface area contributed by atoms with Gasteiger partial charge in [-0.25, -0.2) is 0 Å². The molecule has 1 amide bonds. The number of ketones is 2. The quantitative estimate of drug-likeness (QED) is 0.390. The van der Waals surface area contributed by atoms with Crippen LogP contribution in [0.5, 0.6) is 5.75 Å². The van der Waals surface area contributed by atoms with Gasteiger partial charge in [-0.3, -0.25) is 19.3 Å². The van der Waals surface area contributed by atoms with Crippen molar-refractivity contribution in [2.24, 2.45) is 17.6 Å². The number of hydrogen-bond acceptors (Lipinski definition) is 7. The van der Waals surface area contributed by atoms with Crippen LogP contribution >= 0.6 is 0 Å². The lowest BCUT2D eigenvalue weighted by Gasteiger charge is -2.32. The first-order chi connectivity index (χ1) is 18.6.